The van der Waals surface area contributed by atoms with Crippen LogP contribution in [0.2, 0.25) is 0 Å². The molecule has 1 saturated heterocycles. The Morgan fingerprint density at radius 3 is 2.60 bits per heavy atom. The summed E-state index contributed by atoms with van der Waals surface area (Å²) in [6.07, 6.45) is -1.88. The second kappa shape index (κ2) is 10.5. The number of nitrogens with one attached hydrogen (secondary N) is 2. The number of carbonyl (C=O) groups is 2. The van der Waals surface area contributed by atoms with Gasteiger partial charge in [0.05, 0.1) is 19.8 Å². The standard InChI is InChI=1S/C21H29F3N2O4/c1-4-5-6-11-30-16-9-7-14(12-17(16)29-3)13(2)25-19(27)15-8-10-18(21(22,23)24)26-20(15)28/h7,9,12-13,15,18H,4-6,8,10-11H2,1-3H3,(H,25,27)(H,26,28). The average Bonchev–Trinajstić information content (AvgIpc) is 2.70. The van der Waals surface area contributed by atoms with E-state index in [0.29, 0.717) is 18.1 Å². The van der Waals surface area contributed by atoms with Crippen molar-refractivity contribution in [2.24, 2.45) is 5.92 Å². The molecular weight excluding hydrogens is 401 g/mol. The van der Waals surface area contributed by atoms with Gasteiger partial charge in [0.1, 0.15) is 12.0 Å². The fraction of sp³-hybridized carbons (Fsp3) is 0.619. The van der Waals surface area contributed by atoms with Gasteiger partial charge in [0.15, 0.2) is 11.5 Å². The van der Waals surface area contributed by atoms with Crippen LogP contribution in [-0.2, 0) is 9.59 Å². The Bertz CT molecular complexity index is 739. The molecule has 1 aliphatic rings. The van der Waals surface area contributed by atoms with E-state index in [-0.39, 0.29) is 12.8 Å². The van der Waals surface area contributed by atoms with Gasteiger partial charge in [0.2, 0.25) is 11.8 Å². The first-order valence-corrected chi connectivity index (χ1v) is 10.2. The fourth-order valence-corrected chi connectivity index (χ4v) is 3.31. The highest BCUT2D eigenvalue weighted by Gasteiger charge is 2.46. The molecule has 1 aromatic rings. The lowest BCUT2D eigenvalue weighted by atomic mass is 9.92. The summed E-state index contributed by atoms with van der Waals surface area (Å²) in [7, 11) is 1.52. The smallest absolute Gasteiger partial charge is 0.408 e. The minimum absolute atomic E-state index is 0.150. The van der Waals surface area contributed by atoms with Crippen LogP contribution in [-0.4, -0.2) is 37.7 Å². The van der Waals surface area contributed by atoms with Crippen LogP contribution < -0.4 is 20.1 Å². The minimum atomic E-state index is -4.51. The van der Waals surface area contributed by atoms with E-state index in [1.165, 1.54) is 7.11 Å². The summed E-state index contributed by atoms with van der Waals surface area (Å²) in [6.45, 7) is 4.41. The number of benzene rings is 1. The van der Waals surface area contributed by atoms with E-state index >= 15 is 0 Å². The molecule has 3 unspecified atom stereocenters. The number of halogens is 3. The van der Waals surface area contributed by atoms with Crippen LogP contribution in [0.15, 0.2) is 18.2 Å². The quantitative estimate of drug-likeness (QED) is 0.460. The first kappa shape index (κ1) is 23.8. The maximum Gasteiger partial charge on any atom is 0.408 e. The Morgan fingerprint density at radius 2 is 2.00 bits per heavy atom. The molecule has 1 heterocycles. The third-order valence-electron chi connectivity index (χ3n) is 5.14. The third kappa shape index (κ3) is 6.27. The Morgan fingerprint density at radius 1 is 1.27 bits per heavy atom. The molecule has 0 radical (unpaired) electrons. The molecule has 1 aliphatic heterocycles. The number of hydrogen-bond acceptors (Lipinski definition) is 4. The molecule has 1 aromatic carbocycles. The molecule has 168 valence electrons. The highest BCUT2D eigenvalue weighted by atomic mass is 19.4. The van der Waals surface area contributed by atoms with Gasteiger partial charge in [-0.2, -0.15) is 13.2 Å². The molecule has 2 N–H and O–H groups in total. The maximum absolute atomic E-state index is 12.8. The summed E-state index contributed by atoms with van der Waals surface area (Å²) in [5.41, 5.74) is 0.727. The minimum Gasteiger partial charge on any atom is -0.493 e. The van der Waals surface area contributed by atoms with Crippen molar-refractivity contribution in [2.75, 3.05) is 13.7 Å². The lowest BCUT2D eigenvalue weighted by Crippen LogP contribution is -2.54. The van der Waals surface area contributed by atoms with E-state index in [9.17, 15) is 22.8 Å². The zero-order valence-corrected chi connectivity index (χ0v) is 17.5. The number of hydrogen-bond donors (Lipinski definition) is 2. The third-order valence-corrected chi connectivity index (χ3v) is 5.14. The molecule has 0 aliphatic carbocycles. The summed E-state index contributed by atoms with van der Waals surface area (Å²) < 4.78 is 49.4. The van der Waals surface area contributed by atoms with Crippen LogP contribution in [0, 0.1) is 5.92 Å². The topological polar surface area (TPSA) is 76.7 Å². The molecule has 0 saturated carbocycles. The number of unbranched alkanes of at least 4 members (excludes halogenated alkanes) is 2. The summed E-state index contributed by atoms with van der Waals surface area (Å²) in [5, 5.41) is 4.60. The number of amides is 2. The largest absolute Gasteiger partial charge is 0.493 e. The summed E-state index contributed by atoms with van der Waals surface area (Å²) in [4.78, 5) is 24.5. The predicted molar refractivity (Wildman–Crippen MR) is 105 cm³/mol. The highest BCUT2D eigenvalue weighted by molar-refractivity contribution is 6.01. The van der Waals surface area contributed by atoms with E-state index in [1.807, 2.05) is 5.32 Å². The van der Waals surface area contributed by atoms with Gasteiger partial charge < -0.3 is 20.1 Å². The Kier molecular flexibility index (Phi) is 8.37. The first-order chi connectivity index (χ1) is 14.2. The molecule has 2 amide bonds. The van der Waals surface area contributed by atoms with E-state index in [1.54, 1.807) is 25.1 Å². The molecule has 9 heteroatoms. The monoisotopic (exact) mass is 430 g/mol. The molecule has 0 aromatic heterocycles. The Labute approximate surface area is 174 Å². The van der Waals surface area contributed by atoms with E-state index < -0.39 is 36.0 Å². The zero-order valence-electron chi connectivity index (χ0n) is 17.5. The van der Waals surface area contributed by atoms with E-state index in [0.717, 1.165) is 24.8 Å². The number of methoxy groups -OCH3 is 1. The van der Waals surface area contributed by atoms with E-state index in [2.05, 4.69) is 12.2 Å². The number of alkyl halides is 3. The number of carbonyl (C=O) groups excluding carboxylic acids is 2. The van der Waals surface area contributed by atoms with Crippen molar-refractivity contribution in [3.63, 3.8) is 0 Å². The van der Waals surface area contributed by atoms with Crippen LogP contribution in [0.5, 0.6) is 11.5 Å². The zero-order chi connectivity index (χ0) is 22.3. The SMILES string of the molecule is CCCCCOc1ccc(C(C)NC(=O)C2CCC(C(F)(F)F)NC2=O)cc1OC. The summed E-state index contributed by atoms with van der Waals surface area (Å²) >= 11 is 0. The average molecular weight is 430 g/mol. The number of rotatable bonds is 9. The van der Waals surface area contributed by atoms with Crippen molar-refractivity contribution in [2.45, 2.75) is 64.2 Å². The molecule has 2 rings (SSSR count). The summed E-state index contributed by atoms with van der Waals surface area (Å²) in [6, 6.07) is 2.91. The second-order valence-corrected chi connectivity index (χ2v) is 7.43. The lowest BCUT2D eigenvalue weighted by molar-refractivity contribution is -0.171. The van der Waals surface area contributed by atoms with Crippen LogP contribution in [0.3, 0.4) is 0 Å². The molecular formula is C21H29F3N2O4. The second-order valence-electron chi connectivity index (χ2n) is 7.43. The first-order valence-electron chi connectivity index (χ1n) is 10.2. The predicted octanol–water partition coefficient (Wildman–Crippen LogP) is 3.90. The molecule has 0 bridgehead atoms. The number of piperidine rings is 1. The molecule has 30 heavy (non-hydrogen) atoms. The van der Waals surface area contributed by atoms with Crippen molar-refractivity contribution in [3.8, 4) is 11.5 Å². The van der Waals surface area contributed by atoms with Gasteiger partial charge in [-0.15, -0.1) is 0 Å². The van der Waals surface area contributed by atoms with Crippen molar-refractivity contribution >= 4 is 11.8 Å². The summed E-state index contributed by atoms with van der Waals surface area (Å²) in [5.74, 6) is -1.52. The Hall–Kier alpha value is -2.45. The van der Waals surface area contributed by atoms with Crippen molar-refractivity contribution < 1.29 is 32.2 Å². The van der Waals surface area contributed by atoms with Gasteiger partial charge >= 0.3 is 6.18 Å². The van der Waals surface area contributed by atoms with Gasteiger partial charge in [-0.25, -0.2) is 0 Å². The van der Waals surface area contributed by atoms with Gasteiger partial charge in [-0.05, 0) is 43.9 Å². The molecule has 3 atom stereocenters. The maximum atomic E-state index is 12.8. The fourth-order valence-electron chi connectivity index (χ4n) is 3.31. The van der Waals surface area contributed by atoms with Crippen molar-refractivity contribution in [3.05, 3.63) is 23.8 Å². The van der Waals surface area contributed by atoms with Gasteiger partial charge in [0.25, 0.3) is 0 Å². The lowest BCUT2D eigenvalue weighted by Gasteiger charge is -2.30. The van der Waals surface area contributed by atoms with Crippen molar-refractivity contribution in [1.82, 2.24) is 10.6 Å². The number of ether oxygens (including phenoxy) is 2. The molecule has 0 spiro atoms. The molecule has 6 nitrogen and oxygen atoms in total. The van der Waals surface area contributed by atoms with Crippen LogP contribution in [0.4, 0.5) is 13.2 Å². The van der Waals surface area contributed by atoms with Gasteiger partial charge in [-0.1, -0.05) is 25.8 Å². The van der Waals surface area contributed by atoms with Gasteiger partial charge in [-0.3, -0.25) is 9.59 Å². The van der Waals surface area contributed by atoms with Crippen molar-refractivity contribution in [1.29, 1.82) is 0 Å². The van der Waals surface area contributed by atoms with Crippen LogP contribution >= 0.6 is 0 Å². The van der Waals surface area contributed by atoms with Gasteiger partial charge in [0, 0.05) is 0 Å². The molecule has 1 fully saturated rings. The van der Waals surface area contributed by atoms with E-state index in [4.69, 9.17) is 9.47 Å². The van der Waals surface area contributed by atoms with Crippen LogP contribution in [0.1, 0.15) is 57.6 Å². The highest BCUT2D eigenvalue weighted by Crippen LogP contribution is 2.31. The van der Waals surface area contributed by atoms with Crippen LogP contribution in [0.25, 0.3) is 0 Å². The Balaban J connectivity index is 1.97. The normalized spacial score (nSPS) is 20.3.